The molecule has 0 unspecified atom stereocenters. The molecule has 2 nitrogen and oxygen atoms in total. The van der Waals surface area contributed by atoms with Gasteiger partial charge in [-0.15, -0.1) is 0 Å². The molecule has 0 aliphatic carbocycles. The van der Waals surface area contributed by atoms with Crippen LogP contribution in [0.2, 0.25) is 0 Å². The maximum atomic E-state index is 10.7. The van der Waals surface area contributed by atoms with Crippen molar-refractivity contribution in [3.63, 3.8) is 0 Å². The van der Waals surface area contributed by atoms with Crippen molar-refractivity contribution in [3.8, 4) is 0 Å². The van der Waals surface area contributed by atoms with E-state index in [1.807, 2.05) is 25.2 Å². The van der Waals surface area contributed by atoms with Crippen molar-refractivity contribution in [2.75, 3.05) is 14.1 Å². The molecule has 0 rings (SSSR count). The molecule has 0 aliphatic heterocycles. The summed E-state index contributed by atoms with van der Waals surface area (Å²) < 4.78 is 0. The van der Waals surface area contributed by atoms with Crippen molar-refractivity contribution < 1.29 is 4.79 Å². The van der Waals surface area contributed by atoms with Crippen LogP contribution >= 0.6 is 0 Å². The van der Waals surface area contributed by atoms with Crippen LogP contribution in [0, 0.1) is 0 Å². The Labute approximate surface area is 94.4 Å². The maximum Gasteiger partial charge on any atom is 0.147 e. The molecule has 0 aliphatic rings. The molecule has 0 saturated heterocycles. The summed E-state index contributed by atoms with van der Waals surface area (Å²) in [6.07, 6.45) is 11.5. The van der Waals surface area contributed by atoms with Crippen LogP contribution in [-0.2, 0) is 4.79 Å². The molecule has 88 valence electrons. The van der Waals surface area contributed by atoms with E-state index in [-0.39, 0.29) is 0 Å². The van der Waals surface area contributed by atoms with E-state index in [9.17, 15) is 4.79 Å². The molecule has 0 saturated carbocycles. The zero-order valence-electron chi connectivity index (χ0n) is 10.5. The molecule has 0 radical (unpaired) electrons. The first kappa shape index (κ1) is 14.2. The highest BCUT2D eigenvalue weighted by Crippen LogP contribution is 2.10. The first-order valence-electron chi connectivity index (χ1n) is 6.03. The lowest BCUT2D eigenvalue weighted by molar-refractivity contribution is -0.105. The van der Waals surface area contributed by atoms with Crippen molar-refractivity contribution in [3.05, 3.63) is 11.8 Å². The molecule has 15 heavy (non-hydrogen) atoms. The number of hydrogen-bond donors (Lipinski definition) is 0. The minimum Gasteiger partial charge on any atom is -0.383 e. The standard InChI is InChI=1S/C13H25NO/c1-4-5-6-7-8-9-10-13(12-15)11-14(2)3/h11-12H,4-10H2,1-3H3. The van der Waals surface area contributed by atoms with E-state index in [2.05, 4.69) is 6.92 Å². The van der Waals surface area contributed by atoms with Gasteiger partial charge in [0.2, 0.25) is 0 Å². The molecular weight excluding hydrogens is 186 g/mol. The van der Waals surface area contributed by atoms with Crippen molar-refractivity contribution in [2.24, 2.45) is 0 Å². The van der Waals surface area contributed by atoms with Crippen LogP contribution in [0.5, 0.6) is 0 Å². The molecule has 0 aromatic carbocycles. The van der Waals surface area contributed by atoms with E-state index < -0.39 is 0 Å². The highest BCUT2D eigenvalue weighted by atomic mass is 16.1. The van der Waals surface area contributed by atoms with Crippen LogP contribution in [-0.4, -0.2) is 25.3 Å². The highest BCUT2D eigenvalue weighted by Gasteiger charge is 1.96. The third-order valence-corrected chi connectivity index (χ3v) is 2.39. The van der Waals surface area contributed by atoms with Crippen molar-refractivity contribution in [1.82, 2.24) is 4.90 Å². The number of carbonyl (C=O) groups is 1. The summed E-state index contributed by atoms with van der Waals surface area (Å²) >= 11 is 0. The zero-order chi connectivity index (χ0) is 11.5. The van der Waals surface area contributed by atoms with E-state index in [1.54, 1.807) is 0 Å². The lowest BCUT2D eigenvalue weighted by Crippen LogP contribution is -2.03. The summed E-state index contributed by atoms with van der Waals surface area (Å²) in [6, 6.07) is 0. The summed E-state index contributed by atoms with van der Waals surface area (Å²) in [7, 11) is 3.90. The molecule has 0 spiro atoms. The van der Waals surface area contributed by atoms with E-state index in [0.717, 1.165) is 24.7 Å². The third kappa shape index (κ3) is 9.51. The minimum atomic E-state index is 0.912. The van der Waals surface area contributed by atoms with E-state index in [1.165, 1.54) is 32.1 Å². The summed E-state index contributed by atoms with van der Waals surface area (Å²) in [4.78, 5) is 12.6. The molecule has 0 aromatic heterocycles. The Morgan fingerprint density at radius 2 is 1.67 bits per heavy atom. The molecular formula is C13H25NO. The smallest absolute Gasteiger partial charge is 0.147 e. The number of unbranched alkanes of at least 4 members (excludes halogenated alkanes) is 5. The first-order valence-corrected chi connectivity index (χ1v) is 6.03. The fraction of sp³-hybridized carbons (Fsp3) is 0.769. The van der Waals surface area contributed by atoms with Crippen molar-refractivity contribution in [2.45, 2.75) is 51.9 Å². The fourth-order valence-electron chi connectivity index (χ4n) is 1.60. The Morgan fingerprint density at radius 1 is 1.07 bits per heavy atom. The zero-order valence-corrected chi connectivity index (χ0v) is 10.5. The molecule has 2 heteroatoms. The van der Waals surface area contributed by atoms with Gasteiger partial charge in [0.1, 0.15) is 6.29 Å². The second-order valence-electron chi connectivity index (χ2n) is 4.30. The molecule has 0 N–H and O–H groups in total. The lowest BCUT2D eigenvalue weighted by atomic mass is 10.1. The predicted octanol–water partition coefficient (Wildman–Crippen LogP) is 3.38. The number of allylic oxidation sites excluding steroid dienone is 1. The van der Waals surface area contributed by atoms with Gasteiger partial charge in [0, 0.05) is 25.9 Å². The Morgan fingerprint density at radius 3 is 2.20 bits per heavy atom. The summed E-state index contributed by atoms with van der Waals surface area (Å²) in [5.41, 5.74) is 0.912. The predicted molar refractivity (Wildman–Crippen MR) is 65.8 cm³/mol. The van der Waals surface area contributed by atoms with Gasteiger partial charge in [0.15, 0.2) is 0 Å². The Hall–Kier alpha value is -0.790. The third-order valence-electron chi connectivity index (χ3n) is 2.39. The number of aldehydes is 1. The topological polar surface area (TPSA) is 20.3 Å². The van der Waals surface area contributed by atoms with Gasteiger partial charge in [-0.3, -0.25) is 4.79 Å². The normalized spacial score (nSPS) is 11.5. The minimum absolute atomic E-state index is 0.912. The number of hydrogen-bond acceptors (Lipinski definition) is 2. The Kier molecular flexibility index (Phi) is 9.24. The van der Waals surface area contributed by atoms with E-state index in [0.29, 0.717) is 0 Å². The van der Waals surface area contributed by atoms with Gasteiger partial charge >= 0.3 is 0 Å². The summed E-state index contributed by atoms with van der Waals surface area (Å²) in [6.45, 7) is 2.23. The quantitative estimate of drug-likeness (QED) is 0.331. The maximum absolute atomic E-state index is 10.7. The van der Waals surface area contributed by atoms with E-state index in [4.69, 9.17) is 0 Å². The fourth-order valence-corrected chi connectivity index (χ4v) is 1.60. The Bertz CT molecular complexity index is 185. The van der Waals surface area contributed by atoms with Gasteiger partial charge < -0.3 is 4.90 Å². The lowest BCUT2D eigenvalue weighted by Gasteiger charge is -2.07. The Balaban J connectivity index is 3.51. The SMILES string of the molecule is CCCCCCCCC(C=O)=CN(C)C. The number of carbonyl (C=O) groups excluding carboxylic acids is 1. The largest absolute Gasteiger partial charge is 0.383 e. The van der Waals surface area contributed by atoms with Gasteiger partial charge in [0.05, 0.1) is 0 Å². The molecule has 0 heterocycles. The summed E-state index contributed by atoms with van der Waals surface area (Å²) in [5.74, 6) is 0. The second kappa shape index (κ2) is 9.75. The molecule has 0 fully saturated rings. The van der Waals surface area contributed by atoms with Crippen LogP contribution in [0.1, 0.15) is 51.9 Å². The average molecular weight is 211 g/mol. The first-order chi connectivity index (χ1) is 7.20. The number of nitrogens with zero attached hydrogens (tertiary/aromatic N) is 1. The second-order valence-corrected chi connectivity index (χ2v) is 4.30. The molecule has 0 aromatic rings. The monoisotopic (exact) mass is 211 g/mol. The van der Waals surface area contributed by atoms with Crippen LogP contribution in [0.4, 0.5) is 0 Å². The van der Waals surface area contributed by atoms with Crippen LogP contribution in [0.25, 0.3) is 0 Å². The number of rotatable bonds is 9. The van der Waals surface area contributed by atoms with Crippen molar-refractivity contribution in [1.29, 1.82) is 0 Å². The van der Waals surface area contributed by atoms with E-state index >= 15 is 0 Å². The summed E-state index contributed by atoms with van der Waals surface area (Å²) in [5, 5.41) is 0. The molecule has 0 bridgehead atoms. The van der Waals surface area contributed by atoms with Gasteiger partial charge in [-0.05, 0) is 12.8 Å². The van der Waals surface area contributed by atoms with Crippen LogP contribution < -0.4 is 0 Å². The van der Waals surface area contributed by atoms with Gasteiger partial charge in [-0.25, -0.2) is 0 Å². The van der Waals surface area contributed by atoms with Crippen LogP contribution in [0.3, 0.4) is 0 Å². The highest BCUT2D eigenvalue weighted by molar-refractivity contribution is 5.72. The van der Waals surface area contributed by atoms with Crippen LogP contribution in [0.15, 0.2) is 11.8 Å². The van der Waals surface area contributed by atoms with Gasteiger partial charge in [-0.2, -0.15) is 0 Å². The van der Waals surface area contributed by atoms with Gasteiger partial charge in [0.25, 0.3) is 0 Å². The van der Waals surface area contributed by atoms with Crippen molar-refractivity contribution >= 4 is 6.29 Å². The molecule has 0 amide bonds. The average Bonchev–Trinajstić information content (AvgIpc) is 2.20. The molecule has 0 atom stereocenters. The van der Waals surface area contributed by atoms with Gasteiger partial charge in [-0.1, -0.05) is 39.0 Å².